The standard InChI is InChI=1S/C13H16BrNO4/c1-13(2,3)10(12(18)19)15-11(17)8-6-7(14)4-5-9(8)16/h4-6,10,16H,1-3H3,(H,15,17)(H,18,19). The van der Waals surface area contributed by atoms with Crippen LogP contribution in [0.3, 0.4) is 0 Å². The molecule has 1 aromatic rings. The summed E-state index contributed by atoms with van der Waals surface area (Å²) in [5.74, 6) is -1.93. The molecule has 0 aromatic heterocycles. The first-order chi connectivity index (χ1) is 8.62. The number of nitrogens with one attached hydrogen (secondary N) is 1. The van der Waals surface area contributed by atoms with Gasteiger partial charge in [0.1, 0.15) is 11.8 Å². The largest absolute Gasteiger partial charge is 0.507 e. The summed E-state index contributed by atoms with van der Waals surface area (Å²) in [5, 5.41) is 21.2. The van der Waals surface area contributed by atoms with Gasteiger partial charge in [-0.2, -0.15) is 0 Å². The Morgan fingerprint density at radius 2 is 1.89 bits per heavy atom. The Morgan fingerprint density at radius 1 is 1.32 bits per heavy atom. The lowest BCUT2D eigenvalue weighted by Gasteiger charge is -2.27. The Bertz CT molecular complexity index is 508. The lowest BCUT2D eigenvalue weighted by atomic mass is 9.86. The molecule has 1 atom stereocenters. The number of carbonyl (C=O) groups is 2. The van der Waals surface area contributed by atoms with E-state index in [9.17, 15) is 14.7 Å². The molecule has 0 radical (unpaired) electrons. The molecule has 0 aliphatic carbocycles. The number of halogens is 1. The number of carboxylic acid groups (broad SMARTS) is 1. The molecule has 104 valence electrons. The highest BCUT2D eigenvalue weighted by Crippen LogP contribution is 2.24. The van der Waals surface area contributed by atoms with Crippen LogP contribution in [0, 0.1) is 5.41 Å². The SMILES string of the molecule is CC(C)(C)C(NC(=O)c1cc(Br)ccc1O)C(=O)O. The minimum absolute atomic E-state index is 0.0323. The number of benzene rings is 1. The summed E-state index contributed by atoms with van der Waals surface area (Å²) >= 11 is 3.19. The summed E-state index contributed by atoms with van der Waals surface area (Å²) in [6.45, 7) is 5.15. The minimum atomic E-state index is -1.12. The Morgan fingerprint density at radius 3 is 2.37 bits per heavy atom. The van der Waals surface area contributed by atoms with Crippen LogP contribution in [0.15, 0.2) is 22.7 Å². The van der Waals surface area contributed by atoms with Gasteiger partial charge in [-0.25, -0.2) is 4.79 Å². The van der Waals surface area contributed by atoms with Crippen LogP contribution in [0.5, 0.6) is 5.75 Å². The molecule has 1 amide bonds. The Kier molecular flexibility index (Phi) is 4.57. The van der Waals surface area contributed by atoms with Gasteiger partial charge in [-0.3, -0.25) is 4.79 Å². The molecular formula is C13H16BrNO4. The second-order valence-electron chi connectivity index (χ2n) is 5.27. The van der Waals surface area contributed by atoms with Crippen LogP contribution in [-0.2, 0) is 4.79 Å². The molecule has 0 bridgehead atoms. The van der Waals surface area contributed by atoms with Gasteiger partial charge in [-0.05, 0) is 23.6 Å². The number of rotatable bonds is 3. The van der Waals surface area contributed by atoms with Crippen LogP contribution in [-0.4, -0.2) is 28.1 Å². The zero-order chi connectivity index (χ0) is 14.8. The third-order valence-corrected chi connectivity index (χ3v) is 3.08. The average Bonchev–Trinajstić information content (AvgIpc) is 2.26. The number of carboxylic acids is 1. The predicted molar refractivity (Wildman–Crippen MR) is 74.2 cm³/mol. The molecule has 19 heavy (non-hydrogen) atoms. The van der Waals surface area contributed by atoms with E-state index in [1.807, 2.05) is 0 Å². The van der Waals surface area contributed by atoms with Crippen molar-refractivity contribution in [1.29, 1.82) is 0 Å². The van der Waals surface area contributed by atoms with Crippen molar-refractivity contribution in [2.24, 2.45) is 5.41 Å². The van der Waals surface area contributed by atoms with Gasteiger partial charge in [0, 0.05) is 4.47 Å². The van der Waals surface area contributed by atoms with E-state index < -0.39 is 23.3 Å². The molecule has 0 saturated carbocycles. The number of hydrogen-bond acceptors (Lipinski definition) is 3. The lowest BCUT2D eigenvalue weighted by Crippen LogP contribution is -2.49. The Hall–Kier alpha value is -1.56. The fourth-order valence-electron chi connectivity index (χ4n) is 1.55. The summed E-state index contributed by atoms with van der Waals surface area (Å²) < 4.78 is 0.623. The first-order valence-corrected chi connectivity index (χ1v) is 6.44. The van der Waals surface area contributed by atoms with Gasteiger partial charge in [-0.15, -0.1) is 0 Å². The average molecular weight is 330 g/mol. The van der Waals surface area contributed by atoms with E-state index in [0.717, 1.165) is 0 Å². The first kappa shape index (κ1) is 15.5. The summed E-state index contributed by atoms with van der Waals surface area (Å²) in [5.41, 5.74) is -0.603. The second-order valence-corrected chi connectivity index (χ2v) is 6.19. The highest BCUT2D eigenvalue weighted by molar-refractivity contribution is 9.10. The van der Waals surface area contributed by atoms with Crippen molar-refractivity contribution in [1.82, 2.24) is 5.32 Å². The smallest absolute Gasteiger partial charge is 0.326 e. The highest BCUT2D eigenvalue weighted by atomic mass is 79.9. The molecule has 1 aromatic carbocycles. The van der Waals surface area contributed by atoms with E-state index in [1.54, 1.807) is 26.8 Å². The van der Waals surface area contributed by atoms with Crippen molar-refractivity contribution in [2.45, 2.75) is 26.8 Å². The van der Waals surface area contributed by atoms with Crippen molar-refractivity contribution in [3.63, 3.8) is 0 Å². The molecule has 1 rings (SSSR count). The zero-order valence-electron chi connectivity index (χ0n) is 10.9. The molecule has 5 nitrogen and oxygen atoms in total. The molecule has 1 unspecified atom stereocenters. The number of phenols is 1. The monoisotopic (exact) mass is 329 g/mol. The van der Waals surface area contributed by atoms with Gasteiger partial charge < -0.3 is 15.5 Å². The molecule has 0 spiro atoms. The van der Waals surface area contributed by atoms with Gasteiger partial charge in [-0.1, -0.05) is 36.7 Å². The Labute approximate surface area is 119 Å². The number of amides is 1. The Balaban J connectivity index is 3.01. The van der Waals surface area contributed by atoms with Gasteiger partial charge in [0.15, 0.2) is 0 Å². The van der Waals surface area contributed by atoms with E-state index >= 15 is 0 Å². The van der Waals surface area contributed by atoms with Crippen molar-refractivity contribution in [3.05, 3.63) is 28.2 Å². The number of hydrogen-bond donors (Lipinski definition) is 3. The van der Waals surface area contributed by atoms with Crippen LogP contribution in [0.1, 0.15) is 31.1 Å². The van der Waals surface area contributed by atoms with Gasteiger partial charge in [0.2, 0.25) is 0 Å². The van der Waals surface area contributed by atoms with E-state index in [1.165, 1.54) is 12.1 Å². The van der Waals surface area contributed by atoms with E-state index in [2.05, 4.69) is 21.2 Å². The predicted octanol–water partition coefficient (Wildman–Crippen LogP) is 2.38. The maximum absolute atomic E-state index is 12.0. The second kappa shape index (κ2) is 5.61. The van der Waals surface area contributed by atoms with E-state index in [-0.39, 0.29) is 11.3 Å². The fourth-order valence-corrected chi connectivity index (χ4v) is 1.91. The normalized spacial score (nSPS) is 12.8. The summed E-state index contributed by atoms with van der Waals surface area (Å²) in [6.07, 6.45) is 0. The summed E-state index contributed by atoms with van der Waals surface area (Å²) in [7, 11) is 0. The van der Waals surface area contributed by atoms with Crippen molar-refractivity contribution in [2.75, 3.05) is 0 Å². The van der Waals surface area contributed by atoms with E-state index in [4.69, 9.17) is 5.11 Å². The third kappa shape index (κ3) is 3.96. The van der Waals surface area contributed by atoms with Gasteiger partial charge in [0.25, 0.3) is 5.91 Å². The van der Waals surface area contributed by atoms with Gasteiger partial charge >= 0.3 is 5.97 Å². The summed E-state index contributed by atoms with van der Waals surface area (Å²) in [4.78, 5) is 23.2. The maximum Gasteiger partial charge on any atom is 0.326 e. The van der Waals surface area contributed by atoms with Crippen molar-refractivity contribution >= 4 is 27.8 Å². The molecule has 0 fully saturated rings. The molecule has 3 N–H and O–H groups in total. The molecule has 0 heterocycles. The third-order valence-electron chi connectivity index (χ3n) is 2.59. The van der Waals surface area contributed by atoms with Crippen LogP contribution in [0.4, 0.5) is 0 Å². The minimum Gasteiger partial charge on any atom is -0.507 e. The molecule has 6 heteroatoms. The van der Waals surface area contributed by atoms with Crippen molar-refractivity contribution < 1.29 is 19.8 Å². The quantitative estimate of drug-likeness (QED) is 0.794. The van der Waals surface area contributed by atoms with Crippen LogP contribution >= 0.6 is 15.9 Å². The van der Waals surface area contributed by atoms with Crippen LogP contribution < -0.4 is 5.32 Å². The molecule has 0 aliphatic heterocycles. The molecule has 0 aliphatic rings. The van der Waals surface area contributed by atoms with Crippen LogP contribution in [0.25, 0.3) is 0 Å². The summed E-state index contributed by atoms with van der Waals surface area (Å²) in [6, 6.07) is 3.35. The highest BCUT2D eigenvalue weighted by Gasteiger charge is 2.33. The fraction of sp³-hybridized carbons (Fsp3) is 0.385. The van der Waals surface area contributed by atoms with Crippen LogP contribution in [0.2, 0.25) is 0 Å². The first-order valence-electron chi connectivity index (χ1n) is 5.65. The van der Waals surface area contributed by atoms with E-state index in [0.29, 0.717) is 4.47 Å². The van der Waals surface area contributed by atoms with Gasteiger partial charge in [0.05, 0.1) is 5.56 Å². The lowest BCUT2D eigenvalue weighted by molar-refractivity contribution is -0.142. The molecule has 0 saturated heterocycles. The maximum atomic E-state index is 12.0. The topological polar surface area (TPSA) is 86.6 Å². The van der Waals surface area contributed by atoms with Crippen molar-refractivity contribution in [3.8, 4) is 5.75 Å². The number of carbonyl (C=O) groups excluding carboxylic acids is 1. The number of phenolic OH excluding ortho intramolecular Hbond substituents is 1. The molecular weight excluding hydrogens is 314 g/mol. The number of aromatic hydroxyl groups is 1. The zero-order valence-corrected chi connectivity index (χ0v) is 12.5. The number of aliphatic carboxylic acids is 1.